The molecule has 2 amide bonds. The number of carbonyl (C=O) groups is 1. The van der Waals surface area contributed by atoms with Crippen LogP contribution in [0.25, 0.3) is 0 Å². The number of urea groups is 1. The summed E-state index contributed by atoms with van der Waals surface area (Å²) in [4.78, 5) is 23.6. The molecule has 0 fully saturated rings. The van der Waals surface area contributed by atoms with Crippen molar-refractivity contribution < 1.29 is 9.59 Å². The second-order valence-electron chi connectivity index (χ2n) is 2.78. The second kappa shape index (κ2) is 4.94. The van der Waals surface area contributed by atoms with E-state index >= 15 is 0 Å². The van der Waals surface area contributed by atoms with Crippen LogP contribution in [0.3, 0.4) is 0 Å². The van der Waals surface area contributed by atoms with Crippen LogP contribution in [0.15, 0.2) is 35.3 Å². The molecule has 1 atom stereocenters. The highest BCUT2D eigenvalue weighted by Crippen LogP contribution is 2.10. The largest absolute Gasteiger partial charge is 0.352 e. The fourth-order valence-electron chi connectivity index (χ4n) is 1.08. The molecule has 1 rings (SSSR count). The Kier molecular flexibility index (Phi) is 3.58. The van der Waals surface area contributed by atoms with Crippen LogP contribution >= 0.6 is 0 Å². The molecule has 0 aliphatic carbocycles. The summed E-state index contributed by atoms with van der Waals surface area (Å²) in [5.41, 5.74) is 0.960. The third-order valence-corrected chi connectivity index (χ3v) is 1.79. The smallest absolute Gasteiger partial charge is 0.329 e. The van der Waals surface area contributed by atoms with E-state index in [1.54, 1.807) is 0 Å². The SMILES string of the molecule is C[C@@H](NC(=O)N=C=O)c1ccccc1. The summed E-state index contributed by atoms with van der Waals surface area (Å²) in [7, 11) is 0. The van der Waals surface area contributed by atoms with E-state index < -0.39 is 6.03 Å². The van der Waals surface area contributed by atoms with Gasteiger partial charge in [-0.2, -0.15) is 0 Å². The van der Waals surface area contributed by atoms with Crippen molar-refractivity contribution in [2.24, 2.45) is 4.99 Å². The summed E-state index contributed by atoms with van der Waals surface area (Å²) in [6.45, 7) is 1.81. The Hall–Kier alpha value is -1.93. The number of benzene rings is 1. The Morgan fingerprint density at radius 1 is 1.43 bits per heavy atom. The number of isocyanates is 1. The van der Waals surface area contributed by atoms with Crippen molar-refractivity contribution in [2.75, 3.05) is 0 Å². The molecule has 0 saturated carbocycles. The molecule has 1 aromatic rings. The van der Waals surface area contributed by atoms with Crippen molar-refractivity contribution in [1.82, 2.24) is 5.32 Å². The van der Waals surface area contributed by atoms with Gasteiger partial charge in [0.15, 0.2) is 0 Å². The summed E-state index contributed by atoms with van der Waals surface area (Å²) in [5, 5.41) is 2.53. The van der Waals surface area contributed by atoms with Gasteiger partial charge in [-0.15, -0.1) is 4.99 Å². The molecule has 4 nitrogen and oxygen atoms in total. The van der Waals surface area contributed by atoms with E-state index in [-0.39, 0.29) is 6.04 Å². The fourth-order valence-corrected chi connectivity index (χ4v) is 1.08. The lowest BCUT2D eigenvalue weighted by atomic mass is 10.1. The highest BCUT2D eigenvalue weighted by Gasteiger charge is 2.06. The van der Waals surface area contributed by atoms with Crippen molar-refractivity contribution in [3.63, 3.8) is 0 Å². The summed E-state index contributed by atoms with van der Waals surface area (Å²) in [6.07, 6.45) is 1.19. The summed E-state index contributed by atoms with van der Waals surface area (Å²) >= 11 is 0. The number of nitrogens with zero attached hydrogens (tertiary/aromatic N) is 1. The predicted octanol–water partition coefficient (Wildman–Crippen LogP) is 1.79. The zero-order valence-electron chi connectivity index (χ0n) is 7.73. The average Bonchev–Trinajstić information content (AvgIpc) is 2.19. The first-order valence-electron chi connectivity index (χ1n) is 4.17. The van der Waals surface area contributed by atoms with Crippen molar-refractivity contribution in [3.8, 4) is 0 Å². The van der Waals surface area contributed by atoms with Gasteiger partial charge >= 0.3 is 6.03 Å². The van der Waals surface area contributed by atoms with Gasteiger partial charge < -0.3 is 5.32 Å². The lowest BCUT2D eigenvalue weighted by Gasteiger charge is -2.10. The standard InChI is InChI=1S/C10H10N2O2/c1-8(12-10(14)11-7-13)9-5-3-2-4-6-9/h2-6,8H,1H3,(H,12,14)/t8-/m1/s1. The zero-order valence-corrected chi connectivity index (χ0v) is 7.73. The maximum absolute atomic E-state index is 10.9. The fraction of sp³-hybridized carbons (Fsp3) is 0.200. The molecule has 0 aromatic heterocycles. The van der Waals surface area contributed by atoms with E-state index in [4.69, 9.17) is 0 Å². The molecule has 1 N–H and O–H groups in total. The van der Waals surface area contributed by atoms with E-state index in [1.807, 2.05) is 37.3 Å². The highest BCUT2D eigenvalue weighted by molar-refractivity contribution is 5.80. The Balaban J connectivity index is 2.63. The van der Waals surface area contributed by atoms with E-state index in [1.165, 1.54) is 6.08 Å². The normalized spacial score (nSPS) is 11.2. The lowest BCUT2D eigenvalue weighted by Crippen LogP contribution is -2.23. The van der Waals surface area contributed by atoms with Gasteiger partial charge in [-0.3, -0.25) is 0 Å². The topological polar surface area (TPSA) is 58.5 Å². The third kappa shape index (κ3) is 2.84. The Labute approximate surface area is 81.7 Å². The molecule has 1 aromatic carbocycles. The molecule has 72 valence electrons. The first-order chi connectivity index (χ1) is 6.74. The minimum Gasteiger partial charge on any atom is -0.329 e. The van der Waals surface area contributed by atoms with E-state index in [9.17, 15) is 9.59 Å². The molecule has 0 bridgehead atoms. The second-order valence-corrected chi connectivity index (χ2v) is 2.78. The van der Waals surface area contributed by atoms with Gasteiger partial charge in [0.25, 0.3) is 0 Å². The van der Waals surface area contributed by atoms with Crippen LogP contribution in [0.5, 0.6) is 0 Å². The van der Waals surface area contributed by atoms with Crippen LogP contribution in [0.1, 0.15) is 18.5 Å². The summed E-state index contributed by atoms with van der Waals surface area (Å²) in [6, 6.07) is 8.58. The van der Waals surface area contributed by atoms with Crippen LogP contribution in [0.4, 0.5) is 4.79 Å². The number of amides is 2. The molecule has 0 spiro atoms. The van der Waals surface area contributed by atoms with Gasteiger partial charge in [-0.1, -0.05) is 30.3 Å². The van der Waals surface area contributed by atoms with Gasteiger partial charge in [-0.25, -0.2) is 9.59 Å². The summed E-state index contributed by atoms with van der Waals surface area (Å²) < 4.78 is 0. The van der Waals surface area contributed by atoms with Crippen LogP contribution in [-0.2, 0) is 4.79 Å². The lowest BCUT2D eigenvalue weighted by molar-refractivity contribution is 0.246. The maximum Gasteiger partial charge on any atom is 0.352 e. The Bertz CT molecular complexity index is 356. The molecule has 0 aliphatic rings. The number of hydrogen-bond donors (Lipinski definition) is 1. The van der Waals surface area contributed by atoms with Crippen molar-refractivity contribution >= 4 is 12.1 Å². The van der Waals surface area contributed by atoms with E-state index in [2.05, 4.69) is 10.3 Å². The molecule has 0 saturated heterocycles. The Morgan fingerprint density at radius 3 is 2.64 bits per heavy atom. The van der Waals surface area contributed by atoms with Gasteiger partial charge in [0.05, 0.1) is 6.04 Å². The van der Waals surface area contributed by atoms with Crippen molar-refractivity contribution in [2.45, 2.75) is 13.0 Å². The van der Waals surface area contributed by atoms with Crippen LogP contribution in [-0.4, -0.2) is 12.1 Å². The first kappa shape index (κ1) is 10.2. The number of aliphatic imine (C=N–C) groups is 1. The molecule has 0 aliphatic heterocycles. The van der Waals surface area contributed by atoms with Crippen molar-refractivity contribution in [1.29, 1.82) is 0 Å². The minimum absolute atomic E-state index is 0.166. The Morgan fingerprint density at radius 2 is 2.07 bits per heavy atom. The molecular weight excluding hydrogens is 180 g/mol. The van der Waals surface area contributed by atoms with Crippen LogP contribution < -0.4 is 5.32 Å². The van der Waals surface area contributed by atoms with E-state index in [0.717, 1.165) is 5.56 Å². The molecule has 0 unspecified atom stereocenters. The number of rotatable bonds is 2. The maximum atomic E-state index is 10.9. The van der Waals surface area contributed by atoms with Gasteiger partial charge in [0, 0.05) is 0 Å². The highest BCUT2D eigenvalue weighted by atomic mass is 16.2. The first-order valence-corrected chi connectivity index (χ1v) is 4.17. The van der Waals surface area contributed by atoms with Crippen LogP contribution in [0, 0.1) is 0 Å². The molecule has 0 heterocycles. The van der Waals surface area contributed by atoms with Crippen LogP contribution in [0.2, 0.25) is 0 Å². The summed E-state index contributed by atoms with van der Waals surface area (Å²) in [5.74, 6) is 0. The quantitative estimate of drug-likeness (QED) is 0.571. The molecule has 4 heteroatoms. The predicted molar refractivity (Wildman–Crippen MR) is 51.5 cm³/mol. The minimum atomic E-state index is -0.670. The zero-order chi connectivity index (χ0) is 10.4. The molecular formula is C10H10N2O2. The number of hydrogen-bond acceptors (Lipinski definition) is 2. The molecule has 0 radical (unpaired) electrons. The number of carbonyl (C=O) groups excluding carboxylic acids is 2. The molecule has 14 heavy (non-hydrogen) atoms. The van der Waals surface area contributed by atoms with Gasteiger partial charge in [0.1, 0.15) is 0 Å². The number of nitrogens with one attached hydrogen (secondary N) is 1. The van der Waals surface area contributed by atoms with E-state index in [0.29, 0.717) is 0 Å². The monoisotopic (exact) mass is 190 g/mol. The van der Waals surface area contributed by atoms with Gasteiger partial charge in [0.2, 0.25) is 6.08 Å². The average molecular weight is 190 g/mol. The third-order valence-electron chi connectivity index (χ3n) is 1.79. The van der Waals surface area contributed by atoms with Gasteiger partial charge in [-0.05, 0) is 12.5 Å². The van der Waals surface area contributed by atoms with Crippen molar-refractivity contribution in [3.05, 3.63) is 35.9 Å².